The molecule has 1 heterocycles. The summed E-state index contributed by atoms with van der Waals surface area (Å²) in [6.07, 6.45) is 3.58. The Balaban J connectivity index is 1.42. The summed E-state index contributed by atoms with van der Waals surface area (Å²) in [5.74, 6) is 0.569. The van der Waals surface area contributed by atoms with E-state index in [0.29, 0.717) is 24.4 Å². The average molecular weight is 412 g/mol. The lowest BCUT2D eigenvalue weighted by atomic mass is 10.2. The quantitative estimate of drug-likeness (QED) is 0.549. The fourth-order valence-corrected chi connectivity index (χ4v) is 3.15. The lowest BCUT2D eigenvalue weighted by Gasteiger charge is -2.12. The zero-order chi connectivity index (χ0) is 21.2. The maximum Gasteiger partial charge on any atom is 0.243 e. The molecule has 1 atom stereocenters. The molecule has 1 saturated heterocycles. The maximum atomic E-state index is 12.2. The van der Waals surface area contributed by atoms with E-state index in [2.05, 4.69) is 16.0 Å². The molecule has 3 N–H and O–H groups in total. The molecule has 7 nitrogen and oxygen atoms in total. The fourth-order valence-electron chi connectivity index (χ4n) is 3.15. The lowest BCUT2D eigenvalue weighted by Crippen LogP contribution is -2.21. The van der Waals surface area contributed by atoms with Crippen molar-refractivity contribution in [1.82, 2.24) is 0 Å². The van der Waals surface area contributed by atoms with Gasteiger partial charge in [0.1, 0.15) is 12.4 Å². The number of hydrogen-bond donors (Lipinski definition) is 3. The van der Waals surface area contributed by atoms with Crippen molar-refractivity contribution in [2.75, 3.05) is 35.7 Å². The number of ether oxygens (including phenoxy) is 2. The zero-order valence-corrected chi connectivity index (χ0v) is 17.3. The van der Waals surface area contributed by atoms with Crippen LogP contribution in [0.2, 0.25) is 0 Å². The maximum absolute atomic E-state index is 12.2. The highest BCUT2D eigenvalue weighted by Crippen LogP contribution is 2.19. The Morgan fingerprint density at radius 1 is 1.03 bits per heavy atom. The van der Waals surface area contributed by atoms with Crippen LogP contribution in [0.4, 0.5) is 17.1 Å². The van der Waals surface area contributed by atoms with E-state index in [9.17, 15) is 9.59 Å². The fraction of sp³-hybridized carbons (Fsp3) is 0.391. The molecule has 30 heavy (non-hydrogen) atoms. The summed E-state index contributed by atoms with van der Waals surface area (Å²) in [6, 6.07) is 14.6. The minimum absolute atomic E-state index is 0.0363. The van der Waals surface area contributed by atoms with Gasteiger partial charge in [-0.15, -0.1) is 0 Å². The molecule has 1 aliphatic rings. The van der Waals surface area contributed by atoms with Crippen molar-refractivity contribution in [3.05, 3.63) is 48.5 Å². The number of carbonyl (C=O) groups excluding carboxylic acids is 2. The molecule has 0 radical (unpaired) electrons. The monoisotopic (exact) mass is 411 g/mol. The van der Waals surface area contributed by atoms with Gasteiger partial charge in [-0.05, 0) is 61.7 Å². The largest absolute Gasteiger partial charge is 0.491 e. The van der Waals surface area contributed by atoms with Crippen LogP contribution in [0.15, 0.2) is 48.5 Å². The first kappa shape index (κ1) is 21.6. The van der Waals surface area contributed by atoms with Crippen LogP contribution < -0.4 is 20.7 Å². The van der Waals surface area contributed by atoms with Crippen molar-refractivity contribution in [3.8, 4) is 5.75 Å². The van der Waals surface area contributed by atoms with E-state index in [1.54, 1.807) is 24.3 Å². The van der Waals surface area contributed by atoms with Crippen molar-refractivity contribution < 1.29 is 19.1 Å². The van der Waals surface area contributed by atoms with Gasteiger partial charge in [0.15, 0.2) is 0 Å². The first-order valence-electron chi connectivity index (χ1n) is 10.4. The number of benzene rings is 2. The molecule has 0 saturated carbocycles. The molecule has 1 aliphatic heterocycles. The molecule has 0 bridgehead atoms. The van der Waals surface area contributed by atoms with Gasteiger partial charge in [0.25, 0.3) is 0 Å². The van der Waals surface area contributed by atoms with Crippen molar-refractivity contribution in [1.29, 1.82) is 0 Å². The molecule has 7 heteroatoms. The first-order chi connectivity index (χ1) is 14.6. The molecule has 1 unspecified atom stereocenters. The SMILES string of the molecule is CCCC(=O)Nc1cccc(NC(=O)CNc2ccc(OCC3CCCO3)cc2)c1. The van der Waals surface area contributed by atoms with Crippen LogP contribution in [-0.4, -0.2) is 37.7 Å². The van der Waals surface area contributed by atoms with Gasteiger partial charge in [0.05, 0.1) is 12.6 Å². The summed E-state index contributed by atoms with van der Waals surface area (Å²) >= 11 is 0. The topological polar surface area (TPSA) is 88.7 Å². The lowest BCUT2D eigenvalue weighted by molar-refractivity contribution is -0.116. The molecular weight excluding hydrogens is 382 g/mol. The number of hydrogen-bond acceptors (Lipinski definition) is 5. The second-order valence-electron chi connectivity index (χ2n) is 7.25. The predicted molar refractivity (Wildman–Crippen MR) is 118 cm³/mol. The van der Waals surface area contributed by atoms with Gasteiger partial charge in [-0.3, -0.25) is 9.59 Å². The van der Waals surface area contributed by atoms with Gasteiger partial charge in [0, 0.05) is 30.1 Å². The molecule has 0 aromatic heterocycles. The van der Waals surface area contributed by atoms with Crippen molar-refractivity contribution in [2.45, 2.75) is 38.7 Å². The third-order valence-corrected chi connectivity index (χ3v) is 4.67. The van der Waals surface area contributed by atoms with Gasteiger partial charge < -0.3 is 25.4 Å². The molecule has 2 aromatic rings. The molecule has 3 rings (SSSR count). The van der Waals surface area contributed by atoms with Crippen molar-refractivity contribution in [2.24, 2.45) is 0 Å². The second-order valence-corrected chi connectivity index (χ2v) is 7.25. The number of amides is 2. The van der Waals surface area contributed by atoms with E-state index in [1.807, 2.05) is 31.2 Å². The zero-order valence-electron chi connectivity index (χ0n) is 17.3. The summed E-state index contributed by atoms with van der Waals surface area (Å²) < 4.78 is 11.3. The average Bonchev–Trinajstić information content (AvgIpc) is 3.26. The van der Waals surface area contributed by atoms with Gasteiger partial charge in [-0.25, -0.2) is 0 Å². The molecule has 1 fully saturated rings. The van der Waals surface area contributed by atoms with Crippen LogP contribution in [-0.2, 0) is 14.3 Å². The predicted octanol–water partition coefficient (Wildman–Crippen LogP) is 4.03. The Kier molecular flexibility index (Phi) is 8.09. The molecular formula is C23H29N3O4. The Morgan fingerprint density at radius 3 is 2.43 bits per heavy atom. The van der Waals surface area contributed by atoms with E-state index < -0.39 is 0 Å². The second kappa shape index (κ2) is 11.2. The van der Waals surface area contributed by atoms with Gasteiger partial charge in [0.2, 0.25) is 11.8 Å². The Hall–Kier alpha value is -3.06. The third kappa shape index (κ3) is 7.08. The van der Waals surface area contributed by atoms with Crippen molar-refractivity contribution in [3.63, 3.8) is 0 Å². The standard InChI is InChI=1S/C23H29N3O4/c1-2-5-22(27)25-18-6-3-7-19(14-18)26-23(28)15-24-17-9-11-20(12-10-17)30-16-21-8-4-13-29-21/h3,6-7,9-12,14,21,24H,2,4-5,8,13,15-16H2,1H3,(H,25,27)(H,26,28). The number of rotatable bonds is 10. The normalized spacial score (nSPS) is 15.4. The summed E-state index contributed by atoms with van der Waals surface area (Å²) in [4.78, 5) is 24.0. The van der Waals surface area contributed by atoms with Crippen LogP contribution in [0.3, 0.4) is 0 Å². The third-order valence-electron chi connectivity index (χ3n) is 4.67. The van der Waals surface area contributed by atoms with E-state index in [-0.39, 0.29) is 24.5 Å². The summed E-state index contributed by atoms with van der Waals surface area (Å²) in [6.45, 7) is 3.46. The van der Waals surface area contributed by atoms with Crippen LogP contribution in [0.1, 0.15) is 32.6 Å². The Labute approximate surface area is 177 Å². The van der Waals surface area contributed by atoms with Crippen LogP contribution in [0, 0.1) is 0 Å². The minimum atomic E-state index is -0.175. The number of carbonyl (C=O) groups is 2. The Bertz CT molecular complexity index is 833. The van der Waals surface area contributed by atoms with E-state index >= 15 is 0 Å². The highest BCUT2D eigenvalue weighted by atomic mass is 16.5. The minimum Gasteiger partial charge on any atom is -0.491 e. The van der Waals surface area contributed by atoms with E-state index in [0.717, 1.165) is 37.3 Å². The van der Waals surface area contributed by atoms with Crippen molar-refractivity contribution >= 4 is 28.9 Å². The van der Waals surface area contributed by atoms with E-state index in [4.69, 9.17) is 9.47 Å². The van der Waals surface area contributed by atoms with Gasteiger partial charge in [-0.1, -0.05) is 13.0 Å². The molecule has 160 valence electrons. The highest BCUT2D eigenvalue weighted by Gasteiger charge is 2.15. The molecule has 0 spiro atoms. The smallest absolute Gasteiger partial charge is 0.243 e. The highest BCUT2D eigenvalue weighted by molar-refractivity contribution is 5.95. The number of anilines is 3. The molecule has 2 amide bonds. The molecule has 2 aromatic carbocycles. The summed E-state index contributed by atoms with van der Waals surface area (Å²) in [5.41, 5.74) is 2.13. The summed E-state index contributed by atoms with van der Waals surface area (Å²) in [7, 11) is 0. The molecule has 0 aliphatic carbocycles. The van der Waals surface area contributed by atoms with Crippen LogP contribution in [0.25, 0.3) is 0 Å². The first-order valence-corrected chi connectivity index (χ1v) is 10.4. The number of nitrogens with one attached hydrogen (secondary N) is 3. The van der Waals surface area contributed by atoms with Crippen LogP contribution in [0.5, 0.6) is 5.75 Å². The van der Waals surface area contributed by atoms with Gasteiger partial charge >= 0.3 is 0 Å². The summed E-state index contributed by atoms with van der Waals surface area (Å²) in [5, 5.41) is 8.74. The Morgan fingerprint density at radius 2 is 1.77 bits per heavy atom. The van der Waals surface area contributed by atoms with E-state index in [1.165, 1.54) is 0 Å². The van der Waals surface area contributed by atoms with Gasteiger partial charge in [-0.2, -0.15) is 0 Å². The van der Waals surface area contributed by atoms with Crippen LogP contribution >= 0.6 is 0 Å².